The van der Waals surface area contributed by atoms with Gasteiger partial charge in [0, 0.05) is 5.69 Å². The number of benzene rings is 2. The number of carbonyl (C=O) groups is 2. The number of phenols is 1. The van der Waals surface area contributed by atoms with E-state index in [2.05, 4.69) is 10.6 Å². The molecule has 0 unspecified atom stereocenters. The molecule has 0 spiro atoms. The summed E-state index contributed by atoms with van der Waals surface area (Å²) in [5, 5.41) is 23.3. The molecule has 0 saturated carbocycles. The molecule has 0 heterocycles. The molecule has 0 aliphatic heterocycles. The summed E-state index contributed by atoms with van der Waals surface area (Å²) in [5.41, 5.74) is 1.48. The van der Waals surface area contributed by atoms with Gasteiger partial charge in [-0.2, -0.15) is 0 Å². The van der Waals surface area contributed by atoms with Crippen molar-refractivity contribution in [3.8, 4) is 5.75 Å². The Morgan fingerprint density at radius 1 is 0.952 bits per heavy atom. The van der Waals surface area contributed by atoms with Crippen LogP contribution in [-0.4, -0.2) is 22.2 Å². The van der Waals surface area contributed by atoms with Crippen LogP contribution in [0.25, 0.3) is 0 Å². The van der Waals surface area contributed by atoms with Crippen LogP contribution in [0.3, 0.4) is 0 Å². The molecule has 2 rings (SSSR count). The maximum Gasteiger partial charge on any atom is 0.323 e. The van der Waals surface area contributed by atoms with E-state index in [0.29, 0.717) is 16.9 Å². The van der Waals surface area contributed by atoms with Crippen LogP contribution in [0.15, 0.2) is 48.5 Å². The van der Waals surface area contributed by atoms with E-state index in [9.17, 15) is 14.7 Å². The molecule has 108 valence electrons. The molecule has 0 bridgehead atoms. The van der Waals surface area contributed by atoms with Gasteiger partial charge in [0.05, 0.1) is 12.1 Å². The number of hydrogen-bond acceptors (Lipinski definition) is 3. The van der Waals surface area contributed by atoms with E-state index in [-0.39, 0.29) is 12.2 Å². The van der Waals surface area contributed by atoms with Crippen molar-refractivity contribution in [3.05, 3.63) is 54.1 Å². The lowest BCUT2D eigenvalue weighted by molar-refractivity contribution is -0.136. The molecule has 0 aliphatic rings. The van der Waals surface area contributed by atoms with Gasteiger partial charge >= 0.3 is 12.0 Å². The minimum absolute atomic E-state index is 0.0237. The monoisotopic (exact) mass is 286 g/mol. The number of para-hydroxylation sites is 2. The van der Waals surface area contributed by atoms with Crippen LogP contribution in [0.4, 0.5) is 16.2 Å². The van der Waals surface area contributed by atoms with E-state index >= 15 is 0 Å². The summed E-state index contributed by atoms with van der Waals surface area (Å²) in [6, 6.07) is 12.4. The quantitative estimate of drug-likeness (QED) is 0.649. The number of anilines is 2. The van der Waals surface area contributed by atoms with Crippen LogP contribution < -0.4 is 10.6 Å². The highest BCUT2D eigenvalue weighted by atomic mass is 16.4. The maximum absolute atomic E-state index is 11.8. The van der Waals surface area contributed by atoms with Crippen molar-refractivity contribution in [2.45, 2.75) is 6.42 Å². The molecular weight excluding hydrogens is 272 g/mol. The number of urea groups is 1. The van der Waals surface area contributed by atoms with Gasteiger partial charge in [-0.15, -0.1) is 0 Å². The number of carboxylic acid groups (broad SMARTS) is 1. The van der Waals surface area contributed by atoms with Crippen LogP contribution in [-0.2, 0) is 11.2 Å². The minimum atomic E-state index is -0.909. The van der Waals surface area contributed by atoms with Crippen molar-refractivity contribution >= 4 is 23.4 Å². The molecule has 0 saturated heterocycles. The number of hydrogen-bond donors (Lipinski definition) is 4. The van der Waals surface area contributed by atoms with Crippen LogP contribution in [0.2, 0.25) is 0 Å². The molecule has 0 radical (unpaired) electrons. The first-order valence-corrected chi connectivity index (χ1v) is 6.21. The van der Waals surface area contributed by atoms with Gasteiger partial charge < -0.3 is 20.8 Å². The average Bonchev–Trinajstić information content (AvgIpc) is 2.43. The van der Waals surface area contributed by atoms with Crippen molar-refractivity contribution in [2.75, 3.05) is 10.6 Å². The molecule has 2 aromatic carbocycles. The first kappa shape index (κ1) is 14.4. The van der Waals surface area contributed by atoms with Crippen molar-refractivity contribution in [1.29, 1.82) is 0 Å². The van der Waals surface area contributed by atoms with Crippen molar-refractivity contribution < 1.29 is 19.8 Å². The summed E-state index contributed by atoms with van der Waals surface area (Å²) in [6.07, 6.45) is -0.0651. The second kappa shape index (κ2) is 6.42. The lowest BCUT2D eigenvalue weighted by Crippen LogP contribution is -2.19. The fourth-order valence-electron chi connectivity index (χ4n) is 1.74. The Bertz CT molecular complexity index is 653. The molecule has 21 heavy (non-hydrogen) atoms. The molecule has 6 nitrogen and oxygen atoms in total. The maximum atomic E-state index is 11.8. The number of rotatable bonds is 4. The van der Waals surface area contributed by atoms with Gasteiger partial charge in [0.25, 0.3) is 0 Å². The number of amides is 2. The standard InChI is InChI=1S/C15H14N2O4/c18-13-4-2-1-3-12(13)17-15(21)16-11-7-5-10(6-8-11)9-14(19)20/h1-8,18H,9H2,(H,19,20)(H2,16,17,21). The molecule has 0 fully saturated rings. The highest BCUT2D eigenvalue weighted by Crippen LogP contribution is 2.21. The van der Waals surface area contributed by atoms with Gasteiger partial charge in [-0.1, -0.05) is 24.3 Å². The Labute approximate surface area is 121 Å². The summed E-state index contributed by atoms with van der Waals surface area (Å²) >= 11 is 0. The number of aliphatic carboxylic acids is 1. The van der Waals surface area contributed by atoms with Crippen molar-refractivity contribution in [2.24, 2.45) is 0 Å². The smallest absolute Gasteiger partial charge is 0.323 e. The Morgan fingerprint density at radius 3 is 2.24 bits per heavy atom. The Kier molecular flexibility index (Phi) is 4.40. The fourth-order valence-corrected chi connectivity index (χ4v) is 1.74. The fraction of sp³-hybridized carbons (Fsp3) is 0.0667. The number of phenolic OH excluding ortho intramolecular Hbond substituents is 1. The van der Waals surface area contributed by atoms with E-state index in [4.69, 9.17) is 5.11 Å². The summed E-state index contributed by atoms with van der Waals surface area (Å²) in [4.78, 5) is 22.3. The van der Waals surface area contributed by atoms with Crippen LogP contribution >= 0.6 is 0 Å². The van der Waals surface area contributed by atoms with Crippen LogP contribution in [0, 0.1) is 0 Å². The predicted molar refractivity (Wildman–Crippen MR) is 78.5 cm³/mol. The SMILES string of the molecule is O=C(O)Cc1ccc(NC(=O)Nc2ccccc2O)cc1. The molecule has 4 N–H and O–H groups in total. The lowest BCUT2D eigenvalue weighted by atomic mass is 10.1. The van der Waals surface area contributed by atoms with Gasteiger partial charge in [0.2, 0.25) is 0 Å². The second-order valence-electron chi connectivity index (χ2n) is 4.36. The van der Waals surface area contributed by atoms with E-state index in [1.807, 2.05) is 0 Å². The third kappa shape index (κ3) is 4.24. The third-order valence-corrected chi connectivity index (χ3v) is 2.72. The number of aromatic hydroxyl groups is 1. The van der Waals surface area contributed by atoms with E-state index in [1.165, 1.54) is 6.07 Å². The molecule has 2 amide bonds. The van der Waals surface area contributed by atoms with Crippen LogP contribution in [0.1, 0.15) is 5.56 Å². The molecule has 2 aromatic rings. The Morgan fingerprint density at radius 2 is 1.62 bits per heavy atom. The zero-order valence-electron chi connectivity index (χ0n) is 11.0. The van der Waals surface area contributed by atoms with Gasteiger partial charge in [0.1, 0.15) is 5.75 Å². The molecule has 0 aliphatic carbocycles. The Hall–Kier alpha value is -3.02. The van der Waals surface area contributed by atoms with E-state index in [0.717, 1.165) is 0 Å². The zero-order chi connectivity index (χ0) is 15.2. The van der Waals surface area contributed by atoms with Crippen LogP contribution in [0.5, 0.6) is 5.75 Å². The first-order valence-electron chi connectivity index (χ1n) is 6.21. The predicted octanol–water partition coefficient (Wildman–Crippen LogP) is 2.66. The normalized spacial score (nSPS) is 9.90. The summed E-state index contributed by atoms with van der Waals surface area (Å²) in [7, 11) is 0. The van der Waals surface area contributed by atoms with Gasteiger partial charge in [0.15, 0.2) is 0 Å². The topological polar surface area (TPSA) is 98.7 Å². The zero-order valence-corrected chi connectivity index (χ0v) is 11.0. The highest BCUT2D eigenvalue weighted by Gasteiger charge is 2.06. The first-order chi connectivity index (χ1) is 10.0. The van der Waals surface area contributed by atoms with Crippen molar-refractivity contribution in [3.63, 3.8) is 0 Å². The summed E-state index contributed by atoms with van der Waals surface area (Å²) in [6.45, 7) is 0. The van der Waals surface area contributed by atoms with E-state index < -0.39 is 12.0 Å². The molecule has 0 aromatic heterocycles. The largest absolute Gasteiger partial charge is 0.506 e. The molecule has 6 heteroatoms. The summed E-state index contributed by atoms with van der Waals surface area (Å²) < 4.78 is 0. The highest BCUT2D eigenvalue weighted by molar-refractivity contribution is 6.00. The Balaban J connectivity index is 1.96. The van der Waals surface area contributed by atoms with E-state index in [1.54, 1.807) is 42.5 Å². The van der Waals surface area contributed by atoms with Crippen molar-refractivity contribution in [1.82, 2.24) is 0 Å². The third-order valence-electron chi connectivity index (χ3n) is 2.72. The number of carbonyl (C=O) groups excluding carboxylic acids is 1. The molecule has 0 atom stereocenters. The lowest BCUT2D eigenvalue weighted by Gasteiger charge is -2.09. The second-order valence-corrected chi connectivity index (χ2v) is 4.36. The number of nitrogens with one attached hydrogen (secondary N) is 2. The average molecular weight is 286 g/mol. The summed E-state index contributed by atoms with van der Waals surface area (Å²) in [5.74, 6) is -0.933. The van der Waals surface area contributed by atoms with Gasteiger partial charge in [-0.25, -0.2) is 4.79 Å². The van der Waals surface area contributed by atoms with Gasteiger partial charge in [-0.05, 0) is 29.8 Å². The number of carboxylic acids is 1. The molecular formula is C15H14N2O4. The minimum Gasteiger partial charge on any atom is -0.506 e. The van der Waals surface area contributed by atoms with Gasteiger partial charge in [-0.3, -0.25) is 4.79 Å².